The van der Waals surface area contributed by atoms with Crippen LogP contribution in [0.1, 0.15) is 0 Å². The SMILES string of the molecule is Oc1cc[c-]cc1.Oc1cc[c-]cc1.[Y+3]. The normalized spacial score (nSPS) is 8.00. The number of benzene rings is 2. The molecule has 0 unspecified atom stereocenters. The fourth-order valence-electron chi connectivity index (χ4n) is 0.756. The van der Waals surface area contributed by atoms with E-state index in [0.717, 1.165) is 0 Å². The quantitative estimate of drug-likeness (QED) is 0.725. The summed E-state index contributed by atoms with van der Waals surface area (Å²) in [7, 11) is 0. The van der Waals surface area contributed by atoms with Gasteiger partial charge in [0, 0.05) is 11.5 Å². The second-order valence-electron chi connectivity index (χ2n) is 2.52. The van der Waals surface area contributed by atoms with Crippen LogP contribution in [0.25, 0.3) is 0 Å². The van der Waals surface area contributed by atoms with Crippen LogP contribution in [0.15, 0.2) is 48.5 Å². The summed E-state index contributed by atoms with van der Waals surface area (Å²) in [6.45, 7) is 0. The molecule has 0 aliphatic heterocycles. The summed E-state index contributed by atoms with van der Waals surface area (Å²) in [5.41, 5.74) is 0. The maximum atomic E-state index is 8.61. The van der Waals surface area contributed by atoms with Gasteiger partial charge in [0.15, 0.2) is 0 Å². The monoisotopic (exact) mass is 275 g/mol. The minimum atomic E-state index is 0. The first kappa shape index (κ1) is 14.1. The van der Waals surface area contributed by atoms with Gasteiger partial charge in [-0.2, -0.15) is 36.4 Å². The van der Waals surface area contributed by atoms with Gasteiger partial charge in [0.25, 0.3) is 0 Å². The fraction of sp³-hybridized carbons (Fsp3) is 0. The van der Waals surface area contributed by atoms with Crippen LogP contribution in [0.3, 0.4) is 0 Å². The molecule has 2 aromatic rings. The average molecular weight is 275 g/mol. The zero-order valence-corrected chi connectivity index (χ0v) is 10.9. The number of hydrogen-bond acceptors (Lipinski definition) is 2. The fourth-order valence-corrected chi connectivity index (χ4v) is 0.756. The van der Waals surface area contributed by atoms with Crippen LogP contribution < -0.4 is 0 Å². The second-order valence-corrected chi connectivity index (χ2v) is 2.52. The van der Waals surface area contributed by atoms with Crippen molar-refractivity contribution >= 4 is 0 Å². The first-order valence-electron chi connectivity index (χ1n) is 4.09. The smallest absolute Gasteiger partial charge is 0.533 e. The molecular formula is C12H10O2Y+. The molecule has 0 spiro atoms. The number of phenolic OH excluding ortho intramolecular Hbond substituents is 2. The van der Waals surface area contributed by atoms with Crippen LogP contribution in [0.4, 0.5) is 0 Å². The molecule has 0 saturated carbocycles. The van der Waals surface area contributed by atoms with Crippen LogP contribution in [0, 0.1) is 12.1 Å². The van der Waals surface area contributed by atoms with Gasteiger partial charge in [-0.3, -0.25) is 0 Å². The summed E-state index contributed by atoms with van der Waals surface area (Å²) in [4.78, 5) is 0. The van der Waals surface area contributed by atoms with E-state index in [0.29, 0.717) is 11.5 Å². The third-order valence-corrected chi connectivity index (χ3v) is 1.40. The molecule has 0 bridgehead atoms. The predicted octanol–water partition coefficient (Wildman–Crippen LogP) is 2.38. The van der Waals surface area contributed by atoms with Gasteiger partial charge in [0.2, 0.25) is 0 Å². The van der Waals surface area contributed by atoms with Gasteiger partial charge in [-0.25, -0.2) is 0 Å². The van der Waals surface area contributed by atoms with E-state index < -0.39 is 0 Å². The standard InChI is InChI=1S/2C6H5O.Y/c2*7-6-4-2-1-3-5-6;/h2*2-5,7H;/q2*-1;+3. The third kappa shape index (κ3) is 7.12. The molecule has 0 atom stereocenters. The molecule has 15 heavy (non-hydrogen) atoms. The Morgan fingerprint density at radius 1 is 0.667 bits per heavy atom. The molecule has 2 rings (SSSR count). The van der Waals surface area contributed by atoms with Crippen molar-refractivity contribution in [2.45, 2.75) is 0 Å². The topological polar surface area (TPSA) is 40.5 Å². The van der Waals surface area contributed by atoms with E-state index in [1.54, 1.807) is 48.5 Å². The first-order valence-corrected chi connectivity index (χ1v) is 4.09. The zero-order valence-electron chi connectivity index (χ0n) is 8.09. The number of hydrogen-bond donors (Lipinski definition) is 2. The van der Waals surface area contributed by atoms with E-state index in [1.165, 1.54) is 0 Å². The summed E-state index contributed by atoms with van der Waals surface area (Å²) in [5.74, 6) is 0.581. The molecule has 0 aromatic heterocycles. The predicted molar refractivity (Wildman–Crippen MR) is 53.9 cm³/mol. The minimum absolute atomic E-state index is 0. The molecule has 0 aliphatic rings. The third-order valence-electron chi connectivity index (χ3n) is 1.40. The van der Waals surface area contributed by atoms with Crippen LogP contribution in [0.2, 0.25) is 0 Å². The molecule has 2 N–H and O–H groups in total. The van der Waals surface area contributed by atoms with Gasteiger partial charge in [0.05, 0.1) is 0 Å². The number of phenols is 2. The van der Waals surface area contributed by atoms with Crippen LogP contribution in [-0.2, 0) is 32.7 Å². The number of rotatable bonds is 0. The maximum absolute atomic E-state index is 8.61. The molecule has 0 saturated heterocycles. The van der Waals surface area contributed by atoms with Crippen LogP contribution >= 0.6 is 0 Å². The van der Waals surface area contributed by atoms with Crippen LogP contribution in [-0.4, -0.2) is 10.2 Å². The minimum Gasteiger partial charge on any atom is -0.533 e. The van der Waals surface area contributed by atoms with E-state index in [2.05, 4.69) is 12.1 Å². The van der Waals surface area contributed by atoms with E-state index in [1.807, 2.05) is 0 Å². The summed E-state index contributed by atoms with van der Waals surface area (Å²) in [6.07, 6.45) is 0. The second kappa shape index (κ2) is 8.45. The summed E-state index contributed by atoms with van der Waals surface area (Å²) in [6, 6.07) is 18.5. The van der Waals surface area contributed by atoms with Gasteiger partial charge in [-0.1, -0.05) is 0 Å². The Kier molecular flexibility index (Phi) is 7.97. The van der Waals surface area contributed by atoms with Gasteiger partial charge < -0.3 is 10.2 Å². The Morgan fingerprint density at radius 2 is 0.933 bits per heavy atom. The van der Waals surface area contributed by atoms with Crippen molar-refractivity contribution < 1.29 is 42.9 Å². The Morgan fingerprint density at radius 3 is 1.07 bits per heavy atom. The molecular weight excluding hydrogens is 265 g/mol. The molecule has 0 radical (unpaired) electrons. The Hall–Kier alpha value is -0.856. The molecule has 72 valence electrons. The van der Waals surface area contributed by atoms with Crippen molar-refractivity contribution in [3.05, 3.63) is 60.7 Å². The summed E-state index contributed by atoms with van der Waals surface area (Å²) in [5, 5.41) is 17.2. The van der Waals surface area contributed by atoms with Crippen molar-refractivity contribution in [3.63, 3.8) is 0 Å². The largest absolute Gasteiger partial charge is 3.00 e. The maximum Gasteiger partial charge on any atom is 3.00 e. The van der Waals surface area contributed by atoms with Gasteiger partial charge in [-0.05, 0) is 0 Å². The molecule has 2 aromatic carbocycles. The molecule has 3 heteroatoms. The Bertz CT molecular complexity index is 311. The molecule has 2 nitrogen and oxygen atoms in total. The Labute approximate surface area is 114 Å². The van der Waals surface area contributed by atoms with E-state index >= 15 is 0 Å². The van der Waals surface area contributed by atoms with Crippen molar-refractivity contribution in [2.75, 3.05) is 0 Å². The number of aromatic hydroxyl groups is 2. The van der Waals surface area contributed by atoms with E-state index in [4.69, 9.17) is 10.2 Å². The molecule has 0 heterocycles. The summed E-state index contributed by atoms with van der Waals surface area (Å²) < 4.78 is 0. The average Bonchev–Trinajstić information content (AvgIpc) is 2.21. The van der Waals surface area contributed by atoms with E-state index in [9.17, 15) is 0 Å². The van der Waals surface area contributed by atoms with Crippen molar-refractivity contribution in [3.8, 4) is 11.5 Å². The van der Waals surface area contributed by atoms with Gasteiger partial charge >= 0.3 is 32.7 Å². The summed E-state index contributed by atoms with van der Waals surface area (Å²) >= 11 is 0. The Balaban J connectivity index is 0.000000245. The van der Waals surface area contributed by atoms with Gasteiger partial charge in [-0.15, -0.1) is 24.3 Å². The first-order chi connectivity index (χ1) is 6.79. The molecule has 0 amide bonds. The van der Waals surface area contributed by atoms with Crippen molar-refractivity contribution in [1.82, 2.24) is 0 Å². The van der Waals surface area contributed by atoms with Crippen molar-refractivity contribution in [2.24, 2.45) is 0 Å². The van der Waals surface area contributed by atoms with Crippen molar-refractivity contribution in [1.29, 1.82) is 0 Å². The van der Waals surface area contributed by atoms with Crippen LogP contribution in [0.5, 0.6) is 11.5 Å². The molecule has 0 aliphatic carbocycles. The molecule has 0 fully saturated rings. The van der Waals surface area contributed by atoms with E-state index in [-0.39, 0.29) is 32.7 Å². The van der Waals surface area contributed by atoms with Gasteiger partial charge in [0.1, 0.15) is 0 Å². The zero-order chi connectivity index (χ0) is 10.2.